The van der Waals surface area contributed by atoms with E-state index in [0.29, 0.717) is 37.7 Å². The van der Waals surface area contributed by atoms with Gasteiger partial charge in [-0.05, 0) is 55.0 Å². The van der Waals surface area contributed by atoms with E-state index in [9.17, 15) is 9.59 Å². The standard InChI is InChI=1S/C30H39N5O4/c1-32(2)28(36)21-33-17-13-25-23(12-14-31-29(25)33)20-34-15-6-16-35(30(34)37)24-10-11-26(38-3)27(19-24)39-18-5-9-22-7-4-8-22/h10-14,17,19,22H,4-9,15-16,18,20-21H2,1-3H3. The molecule has 1 aliphatic heterocycles. The average Bonchev–Trinajstić information content (AvgIpc) is 3.32. The molecule has 1 aliphatic carbocycles. The molecule has 1 aromatic carbocycles. The van der Waals surface area contributed by atoms with Gasteiger partial charge in [0.05, 0.1) is 13.7 Å². The van der Waals surface area contributed by atoms with Crippen LogP contribution in [-0.2, 0) is 17.9 Å². The van der Waals surface area contributed by atoms with E-state index in [4.69, 9.17) is 9.47 Å². The van der Waals surface area contributed by atoms with Gasteiger partial charge in [-0.2, -0.15) is 0 Å². The molecule has 0 bridgehead atoms. The third-order valence-corrected chi connectivity index (χ3v) is 7.93. The van der Waals surface area contributed by atoms with E-state index in [1.54, 1.807) is 32.3 Å². The summed E-state index contributed by atoms with van der Waals surface area (Å²) < 4.78 is 13.5. The molecule has 0 N–H and O–H groups in total. The van der Waals surface area contributed by atoms with Gasteiger partial charge >= 0.3 is 6.03 Å². The molecule has 3 heterocycles. The summed E-state index contributed by atoms with van der Waals surface area (Å²) >= 11 is 0. The summed E-state index contributed by atoms with van der Waals surface area (Å²) in [6.45, 7) is 2.68. The number of fused-ring (bicyclic) bond motifs is 1. The Morgan fingerprint density at radius 1 is 1.10 bits per heavy atom. The van der Waals surface area contributed by atoms with Crippen LogP contribution in [0, 0.1) is 5.92 Å². The van der Waals surface area contributed by atoms with Crippen LogP contribution in [0.3, 0.4) is 0 Å². The fraction of sp³-hybridized carbons (Fsp3) is 0.500. The maximum Gasteiger partial charge on any atom is 0.324 e. The van der Waals surface area contributed by atoms with Gasteiger partial charge in [-0.15, -0.1) is 0 Å². The van der Waals surface area contributed by atoms with Crippen LogP contribution in [0.2, 0.25) is 0 Å². The van der Waals surface area contributed by atoms with Gasteiger partial charge in [-0.3, -0.25) is 9.69 Å². The molecule has 1 saturated heterocycles. The SMILES string of the molecule is COc1ccc(N2CCCN(Cc3ccnc4c3ccn4CC(=O)N(C)C)C2=O)cc1OCCCC1CCC1. The number of ether oxygens (including phenoxy) is 2. The second kappa shape index (κ2) is 12.0. The highest BCUT2D eigenvalue weighted by molar-refractivity contribution is 5.93. The summed E-state index contributed by atoms with van der Waals surface area (Å²) in [7, 11) is 5.13. The number of pyridine rings is 1. The number of hydrogen-bond donors (Lipinski definition) is 0. The van der Waals surface area contributed by atoms with Crippen LogP contribution < -0.4 is 14.4 Å². The van der Waals surface area contributed by atoms with Crippen LogP contribution in [0.1, 0.15) is 44.1 Å². The Hall–Kier alpha value is -3.75. The van der Waals surface area contributed by atoms with Crippen molar-refractivity contribution in [3.8, 4) is 11.5 Å². The molecule has 0 unspecified atom stereocenters. The molecule has 208 valence electrons. The average molecular weight is 534 g/mol. The zero-order chi connectivity index (χ0) is 27.4. The number of nitrogens with zero attached hydrogens (tertiary/aromatic N) is 5. The van der Waals surface area contributed by atoms with E-state index in [-0.39, 0.29) is 18.5 Å². The number of amides is 3. The Morgan fingerprint density at radius 2 is 1.95 bits per heavy atom. The number of rotatable bonds is 11. The molecule has 9 nitrogen and oxygen atoms in total. The van der Waals surface area contributed by atoms with Crippen molar-refractivity contribution in [2.75, 3.05) is 45.8 Å². The van der Waals surface area contributed by atoms with Crippen molar-refractivity contribution in [1.29, 1.82) is 0 Å². The van der Waals surface area contributed by atoms with E-state index < -0.39 is 0 Å². The number of carbonyl (C=O) groups is 2. The molecule has 0 spiro atoms. The molecule has 2 fully saturated rings. The first-order valence-corrected chi connectivity index (χ1v) is 13.9. The highest BCUT2D eigenvalue weighted by atomic mass is 16.5. The predicted molar refractivity (Wildman–Crippen MR) is 151 cm³/mol. The molecule has 3 amide bonds. The Balaban J connectivity index is 1.28. The van der Waals surface area contributed by atoms with E-state index in [1.807, 2.05) is 50.9 Å². The molecule has 9 heteroatoms. The fourth-order valence-corrected chi connectivity index (χ4v) is 5.35. The van der Waals surface area contributed by atoms with Gasteiger partial charge in [0.2, 0.25) is 5.91 Å². The van der Waals surface area contributed by atoms with Crippen LogP contribution in [0.15, 0.2) is 42.7 Å². The number of anilines is 1. The lowest BCUT2D eigenvalue weighted by Crippen LogP contribution is -2.49. The maximum absolute atomic E-state index is 13.6. The monoisotopic (exact) mass is 533 g/mol. The zero-order valence-electron chi connectivity index (χ0n) is 23.3. The number of methoxy groups -OCH3 is 1. The fourth-order valence-electron chi connectivity index (χ4n) is 5.35. The molecule has 0 atom stereocenters. The smallest absolute Gasteiger partial charge is 0.324 e. The summed E-state index contributed by atoms with van der Waals surface area (Å²) in [6, 6.07) is 9.63. The molecule has 5 rings (SSSR count). The third kappa shape index (κ3) is 5.97. The van der Waals surface area contributed by atoms with Gasteiger partial charge < -0.3 is 23.8 Å². The minimum Gasteiger partial charge on any atom is -0.493 e. The minimum absolute atomic E-state index is 0.00255. The van der Waals surface area contributed by atoms with Crippen molar-refractivity contribution < 1.29 is 19.1 Å². The molecular weight excluding hydrogens is 494 g/mol. The van der Waals surface area contributed by atoms with E-state index in [1.165, 1.54) is 25.7 Å². The molecule has 3 aromatic rings. The second-order valence-corrected chi connectivity index (χ2v) is 10.8. The summed E-state index contributed by atoms with van der Waals surface area (Å²) in [5, 5.41) is 0.955. The predicted octanol–water partition coefficient (Wildman–Crippen LogP) is 4.92. The number of carbonyl (C=O) groups excluding carboxylic acids is 2. The van der Waals surface area contributed by atoms with Gasteiger partial charge in [0, 0.05) is 63.3 Å². The lowest BCUT2D eigenvalue weighted by molar-refractivity contribution is -0.129. The molecule has 1 saturated carbocycles. The number of hydrogen-bond acceptors (Lipinski definition) is 5. The maximum atomic E-state index is 13.6. The van der Waals surface area contributed by atoms with Gasteiger partial charge in [0.25, 0.3) is 0 Å². The Morgan fingerprint density at radius 3 is 2.69 bits per heavy atom. The van der Waals surface area contributed by atoms with Crippen LogP contribution in [0.4, 0.5) is 10.5 Å². The first-order chi connectivity index (χ1) is 18.9. The van der Waals surface area contributed by atoms with Crippen LogP contribution in [0.5, 0.6) is 11.5 Å². The Labute approximate surface area is 230 Å². The normalized spacial score (nSPS) is 15.9. The first-order valence-electron chi connectivity index (χ1n) is 13.9. The molecular formula is C30H39N5O4. The van der Waals surface area contributed by atoms with Gasteiger partial charge in [-0.1, -0.05) is 19.3 Å². The van der Waals surface area contributed by atoms with E-state index >= 15 is 0 Å². The lowest BCUT2D eigenvalue weighted by atomic mass is 9.82. The molecule has 2 aromatic heterocycles. The molecule has 39 heavy (non-hydrogen) atoms. The largest absolute Gasteiger partial charge is 0.493 e. The highest BCUT2D eigenvalue weighted by Gasteiger charge is 2.28. The second-order valence-electron chi connectivity index (χ2n) is 10.8. The van der Waals surface area contributed by atoms with Crippen molar-refractivity contribution in [3.63, 3.8) is 0 Å². The number of urea groups is 1. The Bertz CT molecular complexity index is 1320. The van der Waals surface area contributed by atoms with Gasteiger partial charge in [0.15, 0.2) is 11.5 Å². The zero-order valence-corrected chi connectivity index (χ0v) is 23.3. The van der Waals surface area contributed by atoms with Crippen LogP contribution in [0.25, 0.3) is 11.0 Å². The summed E-state index contributed by atoms with van der Waals surface area (Å²) in [5.74, 6) is 2.22. The topological polar surface area (TPSA) is 80.1 Å². The van der Waals surface area contributed by atoms with Crippen LogP contribution >= 0.6 is 0 Å². The number of aromatic nitrogens is 2. The number of likely N-dealkylation sites (N-methyl/N-ethyl adjacent to an activating group) is 1. The first kappa shape index (κ1) is 26.8. The van der Waals surface area contributed by atoms with Gasteiger partial charge in [0.1, 0.15) is 12.2 Å². The van der Waals surface area contributed by atoms with Crippen molar-refractivity contribution in [2.24, 2.45) is 5.92 Å². The summed E-state index contributed by atoms with van der Waals surface area (Å²) in [5.41, 5.74) is 2.57. The van der Waals surface area contributed by atoms with Crippen molar-refractivity contribution in [2.45, 2.75) is 51.6 Å². The van der Waals surface area contributed by atoms with E-state index in [2.05, 4.69) is 4.98 Å². The van der Waals surface area contributed by atoms with Gasteiger partial charge in [-0.25, -0.2) is 9.78 Å². The molecule has 2 aliphatic rings. The number of benzene rings is 1. The van der Waals surface area contributed by atoms with Crippen LogP contribution in [-0.4, -0.2) is 72.2 Å². The van der Waals surface area contributed by atoms with Crippen molar-refractivity contribution >= 4 is 28.7 Å². The third-order valence-electron chi connectivity index (χ3n) is 7.93. The summed E-state index contributed by atoms with van der Waals surface area (Å²) in [4.78, 5) is 35.7. The quantitative estimate of drug-likeness (QED) is 0.327. The minimum atomic E-state index is -0.0328. The van der Waals surface area contributed by atoms with E-state index in [0.717, 1.165) is 41.0 Å². The Kier molecular flexibility index (Phi) is 8.24. The highest BCUT2D eigenvalue weighted by Crippen LogP contribution is 2.34. The lowest BCUT2D eigenvalue weighted by Gasteiger charge is -2.36. The summed E-state index contributed by atoms with van der Waals surface area (Å²) in [6.07, 6.45) is 10.8. The van der Waals surface area contributed by atoms with Crippen molar-refractivity contribution in [3.05, 3.63) is 48.3 Å². The molecule has 0 radical (unpaired) electrons. The van der Waals surface area contributed by atoms with Crippen molar-refractivity contribution in [1.82, 2.24) is 19.4 Å².